The molecule has 0 aliphatic carbocycles. The summed E-state index contributed by atoms with van der Waals surface area (Å²) in [6.07, 6.45) is 0.580. The lowest BCUT2D eigenvalue weighted by Gasteiger charge is -2.19. The second kappa shape index (κ2) is 9.52. The van der Waals surface area contributed by atoms with Crippen molar-refractivity contribution in [3.05, 3.63) is 23.8 Å². The number of nitrogens with one attached hydrogen (secondary N) is 1. The molecule has 0 atom stereocenters. The molecule has 0 spiro atoms. The van der Waals surface area contributed by atoms with Crippen molar-refractivity contribution < 1.29 is 19.4 Å². The second-order valence-electron chi connectivity index (χ2n) is 7.03. The number of benzene rings is 1. The Kier molecular flexibility index (Phi) is 8.05. The summed E-state index contributed by atoms with van der Waals surface area (Å²) in [7, 11) is 0. The zero-order valence-corrected chi connectivity index (χ0v) is 15.5. The fraction of sp³-hybridized carbons (Fsp3) is 0.632. The predicted octanol–water partition coefficient (Wildman–Crippen LogP) is 3.71. The van der Waals surface area contributed by atoms with Crippen molar-refractivity contribution in [1.29, 1.82) is 0 Å². The molecule has 5 nitrogen and oxygen atoms in total. The van der Waals surface area contributed by atoms with Crippen LogP contribution in [0.2, 0.25) is 0 Å². The molecule has 0 amide bonds. The molecule has 0 saturated carbocycles. The van der Waals surface area contributed by atoms with Crippen molar-refractivity contribution in [3.63, 3.8) is 0 Å². The molecule has 0 heterocycles. The minimum absolute atomic E-state index is 0.457. The maximum absolute atomic E-state index is 11.1. The number of carboxylic acid groups (broad SMARTS) is 1. The maximum atomic E-state index is 11.1. The van der Waals surface area contributed by atoms with Gasteiger partial charge in [-0.3, -0.25) is 4.79 Å². The second-order valence-corrected chi connectivity index (χ2v) is 7.03. The van der Waals surface area contributed by atoms with Crippen LogP contribution in [-0.2, 0) is 11.3 Å². The Bertz CT molecular complexity index is 526. The zero-order chi connectivity index (χ0) is 18.2. The van der Waals surface area contributed by atoms with Crippen LogP contribution in [0.3, 0.4) is 0 Å². The number of hydrogen-bond donors (Lipinski definition) is 2. The summed E-state index contributed by atoms with van der Waals surface area (Å²) in [4.78, 5) is 11.1. The quantitative estimate of drug-likeness (QED) is 0.603. The van der Waals surface area contributed by atoms with Gasteiger partial charge >= 0.3 is 5.97 Å². The van der Waals surface area contributed by atoms with Crippen molar-refractivity contribution in [1.82, 2.24) is 5.32 Å². The first kappa shape index (κ1) is 20.3. The first-order valence-electron chi connectivity index (χ1n) is 8.59. The minimum atomic E-state index is -0.769. The largest absolute Gasteiger partial charge is 0.490 e. The van der Waals surface area contributed by atoms with Crippen molar-refractivity contribution >= 4 is 5.97 Å². The molecule has 0 bridgehead atoms. The van der Waals surface area contributed by atoms with E-state index in [1.807, 2.05) is 25.1 Å². The summed E-state index contributed by atoms with van der Waals surface area (Å²) in [5, 5.41) is 12.4. The van der Waals surface area contributed by atoms with Crippen LogP contribution < -0.4 is 14.8 Å². The highest BCUT2D eigenvalue weighted by atomic mass is 16.5. The molecule has 2 N–H and O–H groups in total. The number of ether oxygens (including phenoxy) is 2. The molecule has 0 saturated heterocycles. The van der Waals surface area contributed by atoms with Crippen LogP contribution in [0.15, 0.2) is 18.2 Å². The number of carboxylic acids is 1. The lowest BCUT2D eigenvalue weighted by molar-refractivity contribution is -0.147. The van der Waals surface area contributed by atoms with Gasteiger partial charge in [-0.05, 0) is 57.4 Å². The molecule has 0 radical (unpaired) electrons. The Morgan fingerprint density at radius 1 is 1.25 bits per heavy atom. The van der Waals surface area contributed by atoms with E-state index in [4.69, 9.17) is 14.6 Å². The SMILES string of the molecule is CCOc1cc(CNCCC(C)(C)C(=O)O)ccc1OCC(C)C. The Balaban J connectivity index is 2.59. The normalized spacial score (nSPS) is 11.6. The topological polar surface area (TPSA) is 67.8 Å². The molecule has 136 valence electrons. The molecule has 0 fully saturated rings. The highest BCUT2D eigenvalue weighted by Crippen LogP contribution is 2.29. The van der Waals surface area contributed by atoms with Gasteiger partial charge < -0.3 is 19.9 Å². The first-order valence-corrected chi connectivity index (χ1v) is 8.59. The van der Waals surface area contributed by atoms with Crippen LogP contribution in [0.25, 0.3) is 0 Å². The van der Waals surface area contributed by atoms with Gasteiger partial charge in [-0.1, -0.05) is 19.9 Å². The molecule has 0 aliphatic heterocycles. The Labute approximate surface area is 145 Å². The van der Waals surface area contributed by atoms with Gasteiger partial charge in [0.15, 0.2) is 11.5 Å². The smallest absolute Gasteiger partial charge is 0.309 e. The predicted molar refractivity (Wildman–Crippen MR) is 95.7 cm³/mol. The van der Waals surface area contributed by atoms with E-state index in [0.717, 1.165) is 17.1 Å². The molecule has 1 rings (SSSR count). The van der Waals surface area contributed by atoms with Gasteiger partial charge in [0.1, 0.15) is 0 Å². The summed E-state index contributed by atoms with van der Waals surface area (Å²) >= 11 is 0. The van der Waals surface area contributed by atoms with Crippen molar-refractivity contribution in [2.45, 2.75) is 47.6 Å². The van der Waals surface area contributed by atoms with Gasteiger partial charge in [0.25, 0.3) is 0 Å². The van der Waals surface area contributed by atoms with Gasteiger partial charge in [-0.15, -0.1) is 0 Å². The molecule has 1 aromatic rings. The van der Waals surface area contributed by atoms with Gasteiger partial charge in [0, 0.05) is 6.54 Å². The Hall–Kier alpha value is -1.75. The first-order chi connectivity index (χ1) is 11.3. The molecular formula is C19H31NO4. The average molecular weight is 337 g/mol. The third-order valence-electron chi connectivity index (χ3n) is 3.71. The minimum Gasteiger partial charge on any atom is -0.490 e. The fourth-order valence-corrected chi connectivity index (χ4v) is 2.05. The standard InChI is InChI=1S/C19H31NO4/c1-6-23-17-11-15(7-8-16(17)24-13-14(2)3)12-20-10-9-19(4,5)18(21)22/h7-8,11,14,20H,6,9-10,12-13H2,1-5H3,(H,21,22). The molecule has 0 aliphatic rings. The van der Waals surface area contributed by atoms with Crippen LogP contribution in [0.1, 0.15) is 46.6 Å². The summed E-state index contributed by atoms with van der Waals surface area (Å²) in [6.45, 7) is 12.2. The summed E-state index contributed by atoms with van der Waals surface area (Å²) < 4.78 is 11.5. The van der Waals surface area contributed by atoms with Crippen LogP contribution >= 0.6 is 0 Å². The maximum Gasteiger partial charge on any atom is 0.309 e. The van der Waals surface area contributed by atoms with Gasteiger partial charge in [0.2, 0.25) is 0 Å². The van der Waals surface area contributed by atoms with Crippen molar-refractivity contribution in [2.24, 2.45) is 11.3 Å². The third kappa shape index (κ3) is 6.79. The Morgan fingerprint density at radius 3 is 2.54 bits per heavy atom. The highest BCUT2D eigenvalue weighted by molar-refractivity contribution is 5.73. The van der Waals surface area contributed by atoms with Gasteiger partial charge in [0.05, 0.1) is 18.6 Å². The Morgan fingerprint density at radius 2 is 1.96 bits per heavy atom. The average Bonchev–Trinajstić information content (AvgIpc) is 2.50. The van der Waals surface area contributed by atoms with Crippen LogP contribution in [0.4, 0.5) is 0 Å². The van der Waals surface area contributed by atoms with E-state index in [1.165, 1.54) is 0 Å². The van der Waals surface area contributed by atoms with E-state index in [1.54, 1.807) is 13.8 Å². The van der Waals surface area contributed by atoms with Crippen LogP contribution in [0.5, 0.6) is 11.5 Å². The molecule has 1 aromatic carbocycles. The van der Waals surface area contributed by atoms with E-state index >= 15 is 0 Å². The number of carbonyl (C=O) groups is 1. The highest BCUT2D eigenvalue weighted by Gasteiger charge is 2.26. The van der Waals surface area contributed by atoms with E-state index in [-0.39, 0.29) is 0 Å². The van der Waals surface area contributed by atoms with Crippen LogP contribution in [0, 0.1) is 11.3 Å². The van der Waals surface area contributed by atoms with Crippen molar-refractivity contribution in [2.75, 3.05) is 19.8 Å². The van der Waals surface area contributed by atoms with E-state index < -0.39 is 11.4 Å². The van der Waals surface area contributed by atoms with Crippen molar-refractivity contribution in [3.8, 4) is 11.5 Å². The lowest BCUT2D eigenvalue weighted by Crippen LogP contribution is -2.28. The molecule has 0 unspecified atom stereocenters. The van der Waals surface area contributed by atoms with Crippen LogP contribution in [-0.4, -0.2) is 30.8 Å². The third-order valence-corrected chi connectivity index (χ3v) is 3.71. The molecule has 0 aromatic heterocycles. The number of rotatable bonds is 11. The number of aliphatic carboxylic acids is 1. The molecule has 5 heteroatoms. The van der Waals surface area contributed by atoms with E-state index in [0.29, 0.717) is 38.6 Å². The van der Waals surface area contributed by atoms with E-state index in [2.05, 4.69) is 19.2 Å². The molecular weight excluding hydrogens is 306 g/mol. The zero-order valence-electron chi connectivity index (χ0n) is 15.5. The molecule has 24 heavy (non-hydrogen) atoms. The monoisotopic (exact) mass is 337 g/mol. The fourth-order valence-electron chi connectivity index (χ4n) is 2.05. The lowest BCUT2D eigenvalue weighted by atomic mass is 9.90. The summed E-state index contributed by atoms with van der Waals surface area (Å²) in [6, 6.07) is 5.92. The summed E-state index contributed by atoms with van der Waals surface area (Å²) in [5.41, 5.74) is 0.376. The number of hydrogen-bond acceptors (Lipinski definition) is 4. The summed E-state index contributed by atoms with van der Waals surface area (Å²) in [5.74, 6) is 1.21. The van der Waals surface area contributed by atoms with Gasteiger partial charge in [-0.2, -0.15) is 0 Å². The van der Waals surface area contributed by atoms with Gasteiger partial charge in [-0.25, -0.2) is 0 Å². The van der Waals surface area contributed by atoms with E-state index in [9.17, 15) is 4.79 Å².